The third-order valence-electron chi connectivity index (χ3n) is 14.0. The molecule has 10 unspecified atom stereocenters. The first-order chi connectivity index (χ1) is 37.0. The number of unbranched alkanes of at least 4 members (excludes halogenated alkanes) is 5. The van der Waals surface area contributed by atoms with E-state index in [9.17, 15) is 78.1 Å². The molecule has 2 saturated heterocycles. The number of nitrogens with one attached hydrogen (secondary N) is 4. The average molecular weight is 1140 g/mol. The zero-order valence-corrected chi connectivity index (χ0v) is 44.8. The van der Waals surface area contributed by atoms with Gasteiger partial charge in [0.05, 0.1) is 62.9 Å². The zero-order valence-electron chi connectivity index (χ0n) is 43.9. The van der Waals surface area contributed by atoms with E-state index in [0.717, 1.165) is 46.5 Å². The van der Waals surface area contributed by atoms with Crippen molar-refractivity contribution in [2.45, 2.75) is 195 Å². The Balaban J connectivity index is 1.35. The van der Waals surface area contributed by atoms with Crippen LogP contribution in [0.4, 0.5) is 0 Å². The molecule has 2 heterocycles. The Morgan fingerprint density at radius 1 is 0.641 bits per heavy atom. The summed E-state index contributed by atoms with van der Waals surface area (Å²) in [5.41, 5.74) is 0.0604. The van der Waals surface area contributed by atoms with Gasteiger partial charge >= 0.3 is 10.4 Å². The molecule has 78 heavy (non-hydrogen) atoms. The first kappa shape index (κ1) is 64.6. The smallest absolute Gasteiger partial charge is 0.397 e. The maximum absolute atomic E-state index is 13.8. The molecule has 0 radical (unpaired) electrons. The number of carbonyl (C=O) groups is 4. The fourth-order valence-corrected chi connectivity index (χ4v) is 10.5. The summed E-state index contributed by atoms with van der Waals surface area (Å²) < 4.78 is 73.6. The Kier molecular flexibility index (Phi) is 25.3. The monoisotopic (exact) mass is 1130 g/mol. The van der Waals surface area contributed by atoms with Crippen LogP contribution in [0, 0.1) is 23.7 Å². The van der Waals surface area contributed by atoms with Gasteiger partial charge < -0.3 is 95.6 Å². The number of aliphatic hydroxyl groups is 9. The molecule has 5 rings (SSSR count). The van der Waals surface area contributed by atoms with Crippen molar-refractivity contribution in [1.29, 1.82) is 0 Å². The lowest BCUT2D eigenvalue weighted by molar-refractivity contribution is -0.342. The average Bonchev–Trinajstić information content (AvgIpc) is 3.47. The molecule has 0 aromatic heterocycles. The third-order valence-corrected chi connectivity index (χ3v) is 14.5. The van der Waals surface area contributed by atoms with Gasteiger partial charge in [-0.15, -0.1) is 11.8 Å². The van der Waals surface area contributed by atoms with E-state index >= 15 is 0 Å². The Morgan fingerprint density at radius 2 is 1.21 bits per heavy atom. The molecule has 20 atom stereocenters. The van der Waals surface area contributed by atoms with Gasteiger partial charge in [0.1, 0.15) is 66.7 Å². The van der Waals surface area contributed by atoms with Crippen molar-refractivity contribution in [2.24, 2.45) is 11.8 Å². The van der Waals surface area contributed by atoms with Crippen molar-refractivity contribution >= 4 is 34.0 Å². The second-order valence-corrected chi connectivity index (χ2v) is 21.1. The van der Waals surface area contributed by atoms with Crippen molar-refractivity contribution in [3.63, 3.8) is 0 Å². The number of aliphatic hydroxyl groups excluding tert-OH is 9. The molecule has 442 valence electrons. The van der Waals surface area contributed by atoms with E-state index in [1.165, 1.54) is 18.6 Å². The molecule has 28 heteroatoms. The van der Waals surface area contributed by atoms with Crippen LogP contribution in [0.25, 0.3) is 0 Å². The van der Waals surface area contributed by atoms with Gasteiger partial charge in [-0.05, 0) is 43.9 Å². The first-order valence-electron chi connectivity index (χ1n) is 26.1. The molecule has 2 aliphatic heterocycles. The van der Waals surface area contributed by atoms with E-state index in [1.807, 2.05) is 0 Å². The summed E-state index contributed by atoms with van der Waals surface area (Å²) in [7, 11) is -5.05. The number of rotatable bonds is 25. The van der Waals surface area contributed by atoms with Crippen LogP contribution in [0.15, 0.2) is 24.3 Å². The summed E-state index contributed by atoms with van der Waals surface area (Å²) in [4.78, 5) is 51.3. The standard InChI is InChI=1S/C50H78N4O23S/c1-5-6-7-8-9-10-11-12-13-17-71-31-16-14-15-28(18-31)48(67)54-38-41(63)40(62)34(22-56)74-49(38)77-47-35(23-57)75-50(39(44(47)66)53-27(4)60)76-45-29(21-55)20-33(37(43(45)65)52-26(3)59)73-46-30(24-72-78(68,69)70)19-32(61)36(42(46)64)51-25(2)58/h14-16,18,29-30,32-47,49-50,55-57,61-66H,5-9,12-13,17,19-24H2,1-4H3,(H,51,58)(H,52,59)(H,53,60)(H,54,67)(H,68,69,70)/t29?,30-,32?,33+,34?,35-,36?,37+,38-,39?,40+,41+,42?,43+,44?,45?,46+,47+,49?,50?/m0/s1. The third kappa shape index (κ3) is 17.9. The second kappa shape index (κ2) is 30.5. The molecule has 27 nitrogen and oxygen atoms in total. The molecule has 2 aliphatic carbocycles. The molecule has 1 aromatic rings. The molecule has 1 aromatic carbocycles. The highest BCUT2D eigenvalue weighted by molar-refractivity contribution is 7.80. The summed E-state index contributed by atoms with van der Waals surface area (Å²) in [5, 5.41) is 110. The van der Waals surface area contributed by atoms with E-state index in [4.69, 9.17) is 28.4 Å². The summed E-state index contributed by atoms with van der Waals surface area (Å²) in [6.07, 6.45) is -17.7. The predicted octanol–water partition coefficient (Wildman–Crippen LogP) is -3.59. The number of amides is 4. The molecule has 4 amide bonds. The van der Waals surface area contributed by atoms with Gasteiger partial charge in [0.2, 0.25) is 17.7 Å². The highest BCUT2D eigenvalue weighted by Crippen LogP contribution is 2.38. The largest absolute Gasteiger partial charge is 0.494 e. The van der Waals surface area contributed by atoms with Crippen molar-refractivity contribution in [3.05, 3.63) is 29.8 Å². The van der Waals surface area contributed by atoms with Gasteiger partial charge in [-0.2, -0.15) is 8.42 Å². The van der Waals surface area contributed by atoms with E-state index in [0.29, 0.717) is 25.2 Å². The predicted molar refractivity (Wildman–Crippen MR) is 269 cm³/mol. The topological polar surface area (TPSA) is 417 Å². The second-order valence-electron chi connectivity index (χ2n) is 20.0. The van der Waals surface area contributed by atoms with Gasteiger partial charge in [0, 0.05) is 57.6 Å². The summed E-state index contributed by atoms with van der Waals surface area (Å²) in [5.74, 6) is 1.32. The van der Waals surface area contributed by atoms with Crippen LogP contribution < -0.4 is 26.0 Å². The Hall–Kier alpha value is -4.23. The molecular weight excluding hydrogens is 1060 g/mol. The zero-order chi connectivity index (χ0) is 57.4. The highest BCUT2D eigenvalue weighted by Gasteiger charge is 2.56. The van der Waals surface area contributed by atoms with Crippen molar-refractivity contribution < 1.29 is 111 Å². The van der Waals surface area contributed by atoms with Crippen molar-refractivity contribution in [1.82, 2.24) is 21.3 Å². The molecule has 4 aliphatic rings. The lowest BCUT2D eigenvalue weighted by Gasteiger charge is -2.51. The number of ether oxygens (including phenoxy) is 6. The Bertz CT molecular complexity index is 2270. The van der Waals surface area contributed by atoms with Crippen molar-refractivity contribution in [2.75, 3.05) is 33.0 Å². The lowest BCUT2D eigenvalue weighted by Crippen LogP contribution is -2.70. The van der Waals surface area contributed by atoms with E-state index in [2.05, 4.69) is 44.2 Å². The highest BCUT2D eigenvalue weighted by atomic mass is 32.3. The molecule has 4 fully saturated rings. The molecule has 2 saturated carbocycles. The normalized spacial score (nSPS) is 35.1. The minimum absolute atomic E-state index is 0.0604. The molecular formula is C50H78N4O23S. The van der Waals surface area contributed by atoms with Crippen LogP contribution in [0.2, 0.25) is 0 Å². The van der Waals surface area contributed by atoms with E-state index in [1.54, 1.807) is 12.1 Å². The van der Waals surface area contributed by atoms with Crippen molar-refractivity contribution in [3.8, 4) is 17.6 Å². The first-order valence-corrected chi connectivity index (χ1v) is 27.5. The van der Waals surface area contributed by atoms with Gasteiger partial charge in [-0.3, -0.25) is 23.7 Å². The maximum atomic E-state index is 13.8. The molecule has 0 bridgehead atoms. The van der Waals surface area contributed by atoms with E-state index < -0.39 is 182 Å². The Labute approximate surface area is 452 Å². The fraction of sp³-hybridized carbons (Fsp3) is 0.760. The molecule has 14 N–H and O–H groups in total. The number of carbonyl (C=O) groups excluding carboxylic acids is 4. The summed E-state index contributed by atoms with van der Waals surface area (Å²) >= 11 is 0. The fourth-order valence-electron chi connectivity index (χ4n) is 10.2. The van der Waals surface area contributed by atoms with Crippen LogP contribution in [0.1, 0.15) is 95.8 Å². The minimum Gasteiger partial charge on any atom is -0.494 e. The van der Waals surface area contributed by atoms with Crippen LogP contribution in [0.3, 0.4) is 0 Å². The minimum atomic E-state index is -5.05. The Morgan fingerprint density at radius 3 is 1.82 bits per heavy atom. The summed E-state index contributed by atoms with van der Waals surface area (Å²) in [6.45, 7) is 2.31. The SMILES string of the molecule is CCCCCCC#CCCCOc1cccc(C(=O)N[C@@H]2C(O[C@H]3C(O)C(NC(C)=O)C(OC4C(CO)C[C@@H](O[C@H]5C(O)C(NC(C)=O)C(O)C[C@H]5COS(=O)(=O)O)[C@@H](NC(C)=O)[C@H]4O)O[C@H]3CO)OC(CO)[C@@H](O)[C@@H]2O)c1. The van der Waals surface area contributed by atoms with Gasteiger partial charge in [0.25, 0.3) is 5.91 Å². The lowest BCUT2D eigenvalue weighted by atomic mass is 9.77. The number of hydrogen-bond acceptors (Lipinski definition) is 22. The number of hydrogen-bond donors (Lipinski definition) is 14. The van der Waals surface area contributed by atoms with E-state index in [-0.39, 0.29) is 18.4 Å². The van der Waals surface area contributed by atoms with Crippen LogP contribution in [0.5, 0.6) is 5.75 Å². The van der Waals surface area contributed by atoms with Crippen LogP contribution >= 0.6 is 0 Å². The number of benzene rings is 1. The van der Waals surface area contributed by atoms with Gasteiger partial charge in [-0.1, -0.05) is 32.3 Å². The summed E-state index contributed by atoms with van der Waals surface area (Å²) in [6, 6.07) is -0.0423. The van der Waals surface area contributed by atoms with Gasteiger partial charge in [0.15, 0.2) is 12.6 Å². The molecule has 0 spiro atoms. The maximum Gasteiger partial charge on any atom is 0.397 e. The van der Waals surface area contributed by atoms with Crippen LogP contribution in [-0.2, 0) is 52.7 Å². The van der Waals surface area contributed by atoms with Crippen LogP contribution in [-0.4, -0.2) is 226 Å². The van der Waals surface area contributed by atoms with Gasteiger partial charge in [-0.25, -0.2) is 4.18 Å². The quantitative estimate of drug-likeness (QED) is 0.0256.